The number of nitrogens with zero attached hydrogens (tertiary/aromatic N) is 1. The molecule has 158 valence electrons. The molecule has 0 aliphatic carbocycles. The third-order valence-electron chi connectivity index (χ3n) is 4.82. The molecule has 0 amide bonds. The Morgan fingerprint density at radius 2 is 1.30 bits per heavy atom. The van der Waals surface area contributed by atoms with Gasteiger partial charge in [-0.05, 0) is 41.5 Å². The van der Waals surface area contributed by atoms with Crippen LogP contribution in [0, 0.1) is 5.82 Å². The minimum absolute atomic E-state index is 0.246. The molecule has 2 N–H and O–H groups in total. The highest BCUT2D eigenvalue weighted by molar-refractivity contribution is 5.50. The van der Waals surface area contributed by atoms with Gasteiger partial charge in [-0.2, -0.15) is 26.3 Å². The van der Waals surface area contributed by atoms with Crippen molar-refractivity contribution in [2.24, 2.45) is 5.73 Å². The van der Waals surface area contributed by atoms with Crippen molar-refractivity contribution >= 4 is 0 Å². The molecule has 0 saturated carbocycles. The fourth-order valence-electron chi connectivity index (χ4n) is 3.37. The Balaban J connectivity index is 2.38. The summed E-state index contributed by atoms with van der Waals surface area (Å²) in [5, 5.41) is 0. The second-order valence-electron chi connectivity index (χ2n) is 6.63. The van der Waals surface area contributed by atoms with Crippen LogP contribution in [0.3, 0.4) is 0 Å². The molecule has 3 aromatic rings. The lowest BCUT2D eigenvalue weighted by Gasteiger charge is -2.34. The first-order valence-electron chi connectivity index (χ1n) is 8.66. The van der Waals surface area contributed by atoms with Crippen molar-refractivity contribution in [2.75, 3.05) is 6.54 Å². The molecule has 0 bridgehead atoms. The lowest BCUT2D eigenvalue weighted by molar-refractivity contribution is -0.138. The molecule has 0 aliphatic rings. The van der Waals surface area contributed by atoms with E-state index in [4.69, 9.17) is 5.73 Å². The van der Waals surface area contributed by atoms with Crippen LogP contribution < -0.4 is 5.73 Å². The van der Waals surface area contributed by atoms with E-state index in [0.29, 0.717) is 12.1 Å². The molecule has 30 heavy (non-hydrogen) atoms. The molecule has 0 saturated heterocycles. The van der Waals surface area contributed by atoms with E-state index >= 15 is 0 Å². The Morgan fingerprint density at radius 3 is 1.87 bits per heavy atom. The first kappa shape index (κ1) is 21.8. The fourth-order valence-corrected chi connectivity index (χ4v) is 3.37. The van der Waals surface area contributed by atoms with Crippen LogP contribution in [-0.4, -0.2) is 11.5 Å². The van der Waals surface area contributed by atoms with Gasteiger partial charge >= 0.3 is 12.4 Å². The smallest absolute Gasteiger partial charge is 0.329 e. The summed E-state index contributed by atoms with van der Waals surface area (Å²) in [6.45, 7) is -0.452. The SMILES string of the molecule is NCC(c1ccccc1)(c1cc(F)cc(C(F)(F)F)c1)c1cc(C(F)(F)F)ccn1. The highest BCUT2D eigenvalue weighted by atomic mass is 19.4. The number of nitrogens with two attached hydrogens (primary N) is 1. The molecule has 1 unspecified atom stereocenters. The molecule has 0 aliphatic heterocycles. The summed E-state index contributed by atoms with van der Waals surface area (Å²) in [7, 11) is 0. The molecular formula is C21H15F7N2. The predicted octanol–water partition coefficient (Wildman–Crippen LogP) is 5.55. The largest absolute Gasteiger partial charge is 0.416 e. The highest BCUT2D eigenvalue weighted by Gasteiger charge is 2.41. The van der Waals surface area contributed by atoms with Gasteiger partial charge in [0.05, 0.1) is 22.2 Å². The fraction of sp³-hybridized carbons (Fsp3) is 0.190. The Kier molecular flexibility index (Phi) is 5.60. The Hall–Kier alpha value is -2.94. The second-order valence-corrected chi connectivity index (χ2v) is 6.63. The number of rotatable bonds is 4. The summed E-state index contributed by atoms with van der Waals surface area (Å²) in [6, 6.07) is 11.0. The molecule has 9 heteroatoms. The molecule has 0 fully saturated rings. The summed E-state index contributed by atoms with van der Waals surface area (Å²) in [5.41, 5.74) is 1.65. The Bertz CT molecular complexity index is 1030. The zero-order valence-corrected chi connectivity index (χ0v) is 15.2. The third-order valence-corrected chi connectivity index (χ3v) is 4.82. The summed E-state index contributed by atoms with van der Waals surface area (Å²) < 4.78 is 93.9. The van der Waals surface area contributed by atoms with Crippen molar-refractivity contribution in [1.29, 1.82) is 0 Å². The van der Waals surface area contributed by atoms with Gasteiger partial charge in [0.25, 0.3) is 0 Å². The zero-order chi connectivity index (χ0) is 22.2. The van der Waals surface area contributed by atoms with Crippen LogP contribution in [0.2, 0.25) is 0 Å². The maximum atomic E-state index is 14.2. The van der Waals surface area contributed by atoms with Crippen LogP contribution in [0.5, 0.6) is 0 Å². The number of benzene rings is 2. The lowest BCUT2D eigenvalue weighted by Crippen LogP contribution is -2.39. The van der Waals surface area contributed by atoms with Gasteiger partial charge in [-0.1, -0.05) is 30.3 Å². The predicted molar refractivity (Wildman–Crippen MR) is 96.0 cm³/mol. The van der Waals surface area contributed by atoms with Gasteiger partial charge in [0.15, 0.2) is 0 Å². The standard InChI is InChI=1S/C21H15F7N2/c22-17-9-15(8-16(10-17)21(26,27)28)19(12-29,13-4-2-1-3-5-13)18-11-14(6-7-30-18)20(23,24)25/h1-11H,12,29H2. The van der Waals surface area contributed by atoms with E-state index in [0.717, 1.165) is 24.4 Å². The van der Waals surface area contributed by atoms with E-state index in [2.05, 4.69) is 4.98 Å². The number of aromatic nitrogens is 1. The van der Waals surface area contributed by atoms with Crippen LogP contribution in [0.25, 0.3) is 0 Å². The number of hydrogen-bond acceptors (Lipinski definition) is 2. The first-order chi connectivity index (χ1) is 14.0. The minimum atomic E-state index is -4.87. The summed E-state index contributed by atoms with van der Waals surface area (Å²) in [5.74, 6) is -1.19. The number of halogens is 7. The van der Waals surface area contributed by atoms with E-state index in [1.165, 1.54) is 12.1 Å². The number of hydrogen-bond donors (Lipinski definition) is 1. The first-order valence-corrected chi connectivity index (χ1v) is 8.66. The molecule has 1 heterocycles. The van der Waals surface area contributed by atoms with Crippen LogP contribution >= 0.6 is 0 Å². The van der Waals surface area contributed by atoms with E-state index in [9.17, 15) is 30.7 Å². The topological polar surface area (TPSA) is 38.9 Å². The molecule has 1 aromatic heterocycles. The molecule has 0 radical (unpaired) electrons. The second kappa shape index (κ2) is 7.71. The van der Waals surface area contributed by atoms with Gasteiger partial charge in [0.1, 0.15) is 5.82 Å². The van der Waals surface area contributed by atoms with Crippen molar-refractivity contribution in [2.45, 2.75) is 17.8 Å². The van der Waals surface area contributed by atoms with Crippen molar-refractivity contribution < 1.29 is 30.7 Å². The van der Waals surface area contributed by atoms with Crippen LogP contribution in [-0.2, 0) is 17.8 Å². The molecule has 0 spiro atoms. The Labute approximate surface area is 167 Å². The van der Waals surface area contributed by atoms with Crippen molar-refractivity contribution in [1.82, 2.24) is 4.98 Å². The normalized spacial score (nSPS) is 14.4. The van der Waals surface area contributed by atoms with Crippen LogP contribution in [0.1, 0.15) is 27.9 Å². The average Bonchev–Trinajstić information content (AvgIpc) is 2.68. The molecule has 2 aromatic carbocycles. The molecule has 2 nitrogen and oxygen atoms in total. The molecule has 3 rings (SSSR count). The quantitative estimate of drug-likeness (QED) is 0.554. The Morgan fingerprint density at radius 1 is 0.700 bits per heavy atom. The van der Waals surface area contributed by atoms with Crippen LogP contribution in [0.4, 0.5) is 30.7 Å². The van der Waals surface area contributed by atoms with Gasteiger partial charge < -0.3 is 5.73 Å². The minimum Gasteiger partial charge on any atom is -0.329 e. The van der Waals surface area contributed by atoms with E-state index in [1.807, 2.05) is 0 Å². The van der Waals surface area contributed by atoms with Gasteiger partial charge in [-0.25, -0.2) is 4.39 Å². The van der Waals surface area contributed by atoms with E-state index in [-0.39, 0.29) is 16.8 Å². The van der Waals surface area contributed by atoms with Crippen LogP contribution in [0.15, 0.2) is 66.9 Å². The van der Waals surface area contributed by atoms with E-state index < -0.39 is 41.3 Å². The maximum Gasteiger partial charge on any atom is 0.416 e. The summed E-state index contributed by atoms with van der Waals surface area (Å²) in [4.78, 5) is 3.99. The molecular weight excluding hydrogens is 413 g/mol. The average molecular weight is 428 g/mol. The van der Waals surface area contributed by atoms with E-state index in [1.54, 1.807) is 18.2 Å². The van der Waals surface area contributed by atoms with Gasteiger partial charge in [-0.15, -0.1) is 0 Å². The van der Waals surface area contributed by atoms with Gasteiger partial charge in [0, 0.05) is 12.7 Å². The number of pyridine rings is 1. The summed E-state index contributed by atoms with van der Waals surface area (Å²) >= 11 is 0. The monoisotopic (exact) mass is 428 g/mol. The highest BCUT2D eigenvalue weighted by Crippen LogP contribution is 2.42. The zero-order valence-electron chi connectivity index (χ0n) is 15.2. The van der Waals surface area contributed by atoms with Gasteiger partial charge in [0.2, 0.25) is 0 Å². The lowest BCUT2D eigenvalue weighted by atomic mass is 9.71. The summed E-state index contributed by atoms with van der Waals surface area (Å²) in [6.07, 6.45) is -8.68. The van der Waals surface area contributed by atoms with Crippen molar-refractivity contribution in [3.05, 3.63) is 101 Å². The van der Waals surface area contributed by atoms with Crippen molar-refractivity contribution in [3.63, 3.8) is 0 Å². The molecule has 1 atom stereocenters. The maximum absolute atomic E-state index is 14.2. The third kappa shape index (κ3) is 4.02. The van der Waals surface area contributed by atoms with Gasteiger partial charge in [-0.3, -0.25) is 4.98 Å². The van der Waals surface area contributed by atoms with Crippen molar-refractivity contribution in [3.8, 4) is 0 Å². The number of alkyl halides is 6.